The summed E-state index contributed by atoms with van der Waals surface area (Å²) < 4.78 is 1.97. The van der Waals surface area contributed by atoms with Crippen LogP contribution in [0, 0.1) is 17.2 Å². The van der Waals surface area contributed by atoms with Crippen molar-refractivity contribution < 1.29 is 0 Å². The molecule has 4 rings (SSSR count). The lowest BCUT2D eigenvalue weighted by atomic mass is 10.1. The molecule has 2 aromatic heterocycles. The Kier molecular flexibility index (Phi) is 4.47. The fourth-order valence-corrected chi connectivity index (χ4v) is 3.84. The van der Waals surface area contributed by atoms with Gasteiger partial charge in [-0.1, -0.05) is 6.42 Å². The van der Waals surface area contributed by atoms with Gasteiger partial charge in [0.15, 0.2) is 5.82 Å². The van der Waals surface area contributed by atoms with Gasteiger partial charge in [-0.3, -0.25) is 9.48 Å². The van der Waals surface area contributed by atoms with Gasteiger partial charge >= 0.3 is 0 Å². The van der Waals surface area contributed by atoms with E-state index in [1.807, 2.05) is 29.1 Å². The van der Waals surface area contributed by atoms with Crippen molar-refractivity contribution in [3.05, 3.63) is 52.4 Å². The van der Waals surface area contributed by atoms with Gasteiger partial charge in [0.2, 0.25) is 0 Å². The quantitative estimate of drug-likeness (QED) is 0.697. The van der Waals surface area contributed by atoms with Gasteiger partial charge in [0.25, 0.3) is 5.56 Å². The van der Waals surface area contributed by atoms with Gasteiger partial charge in [0, 0.05) is 31.1 Å². The van der Waals surface area contributed by atoms with Crippen LogP contribution in [-0.2, 0) is 0 Å². The first-order valence-corrected chi connectivity index (χ1v) is 9.00. The Hall–Kier alpha value is -3.40. The van der Waals surface area contributed by atoms with Gasteiger partial charge in [-0.2, -0.15) is 10.4 Å². The molecule has 1 aromatic carbocycles. The second-order valence-corrected chi connectivity index (χ2v) is 6.74. The third-order valence-corrected chi connectivity index (χ3v) is 5.09. The second-order valence-electron chi connectivity index (χ2n) is 6.74. The fourth-order valence-electron chi connectivity index (χ4n) is 3.84. The molecule has 3 aromatic rings. The lowest BCUT2D eigenvalue weighted by Crippen LogP contribution is -2.17. The van der Waals surface area contributed by atoms with Crippen LogP contribution in [0.4, 0.5) is 11.5 Å². The summed E-state index contributed by atoms with van der Waals surface area (Å²) in [5.41, 5.74) is 2.01. The van der Waals surface area contributed by atoms with Crippen molar-refractivity contribution in [3.8, 4) is 6.07 Å². The van der Waals surface area contributed by atoms with Gasteiger partial charge in [-0.05, 0) is 43.2 Å². The number of rotatable bonds is 4. The molecule has 1 fully saturated rings. The molecule has 0 radical (unpaired) electrons. The molecule has 2 N–H and O–H groups in total. The Morgan fingerprint density at radius 1 is 1.33 bits per heavy atom. The van der Waals surface area contributed by atoms with Crippen molar-refractivity contribution in [3.63, 3.8) is 0 Å². The number of aromatic amines is 1. The Morgan fingerprint density at radius 3 is 2.89 bits per heavy atom. The maximum atomic E-state index is 12.5. The van der Waals surface area contributed by atoms with Crippen molar-refractivity contribution in [2.75, 3.05) is 12.4 Å². The Balaban J connectivity index is 1.79. The number of fused-ring (bicyclic) bond motifs is 1. The molecule has 1 aliphatic carbocycles. The SMILES string of the molecule is CN=C[C@H]1CCC[C@@H]1n1nc(Nc2ccc(C#N)cc2)c2c(=O)[nH]ccc21. The number of aromatic nitrogens is 3. The zero-order valence-electron chi connectivity index (χ0n) is 15.0. The molecular weight excluding hydrogens is 340 g/mol. The van der Waals surface area contributed by atoms with Gasteiger partial charge in [-0.25, -0.2) is 0 Å². The summed E-state index contributed by atoms with van der Waals surface area (Å²) in [6, 6.07) is 11.3. The minimum absolute atomic E-state index is 0.173. The second kappa shape index (κ2) is 7.08. The van der Waals surface area contributed by atoms with Crippen LogP contribution in [0.15, 0.2) is 46.3 Å². The molecule has 0 spiro atoms. The average Bonchev–Trinajstić information content (AvgIpc) is 3.28. The summed E-state index contributed by atoms with van der Waals surface area (Å²) in [6.07, 6.45) is 6.85. The third kappa shape index (κ3) is 3.10. The van der Waals surface area contributed by atoms with Crippen molar-refractivity contribution in [1.82, 2.24) is 14.8 Å². The van der Waals surface area contributed by atoms with E-state index in [1.165, 1.54) is 0 Å². The summed E-state index contributed by atoms with van der Waals surface area (Å²) in [7, 11) is 1.79. The lowest BCUT2D eigenvalue weighted by molar-refractivity contribution is 0.437. The van der Waals surface area contributed by atoms with Gasteiger partial charge in [-0.15, -0.1) is 0 Å². The van der Waals surface area contributed by atoms with Gasteiger partial charge in [0.05, 0.1) is 23.2 Å². The predicted octanol–water partition coefficient (Wildman–Crippen LogP) is 3.38. The highest BCUT2D eigenvalue weighted by Crippen LogP contribution is 2.37. The zero-order valence-corrected chi connectivity index (χ0v) is 15.0. The van der Waals surface area contributed by atoms with Crippen LogP contribution in [0.3, 0.4) is 0 Å². The molecule has 0 bridgehead atoms. The number of nitrogens with zero attached hydrogens (tertiary/aromatic N) is 4. The van der Waals surface area contributed by atoms with E-state index in [1.54, 1.807) is 25.4 Å². The van der Waals surface area contributed by atoms with Crippen LogP contribution in [0.5, 0.6) is 0 Å². The normalized spacial score (nSPS) is 19.6. The van der Waals surface area contributed by atoms with E-state index in [2.05, 4.69) is 21.4 Å². The highest BCUT2D eigenvalue weighted by Gasteiger charge is 2.30. The van der Waals surface area contributed by atoms with Crippen LogP contribution in [-0.4, -0.2) is 28.0 Å². The molecule has 1 aliphatic rings. The molecule has 0 saturated heterocycles. The molecule has 0 unspecified atom stereocenters. The molecule has 27 heavy (non-hydrogen) atoms. The van der Waals surface area contributed by atoms with Crippen LogP contribution >= 0.6 is 0 Å². The standard InChI is InChI=1S/C20H20N6O/c1-22-12-14-3-2-4-16(14)26-17-9-10-23-20(27)18(17)19(25-26)24-15-7-5-13(11-21)6-8-15/h5-10,12,14,16H,2-4H2,1H3,(H,23,27)(H,24,25)/t14-,16+/m1/s1. The average molecular weight is 360 g/mol. The maximum Gasteiger partial charge on any atom is 0.261 e. The van der Waals surface area contributed by atoms with Crippen LogP contribution in [0.1, 0.15) is 30.9 Å². The topological polar surface area (TPSA) is 98.9 Å². The number of benzene rings is 1. The minimum Gasteiger partial charge on any atom is -0.338 e. The predicted molar refractivity (Wildman–Crippen MR) is 106 cm³/mol. The molecule has 7 nitrogen and oxygen atoms in total. The largest absolute Gasteiger partial charge is 0.338 e. The third-order valence-electron chi connectivity index (χ3n) is 5.09. The van der Waals surface area contributed by atoms with Crippen LogP contribution < -0.4 is 10.9 Å². The minimum atomic E-state index is -0.173. The molecule has 136 valence electrons. The van der Waals surface area contributed by atoms with E-state index in [0.29, 0.717) is 22.7 Å². The number of nitriles is 1. The Morgan fingerprint density at radius 2 is 2.15 bits per heavy atom. The highest BCUT2D eigenvalue weighted by atomic mass is 16.1. The monoisotopic (exact) mass is 360 g/mol. The van der Waals surface area contributed by atoms with Crippen molar-refractivity contribution in [2.45, 2.75) is 25.3 Å². The number of hydrogen-bond donors (Lipinski definition) is 2. The number of H-pyrrole nitrogens is 1. The Labute approximate surface area is 156 Å². The number of nitrogens with one attached hydrogen (secondary N) is 2. The summed E-state index contributed by atoms with van der Waals surface area (Å²) in [5, 5.41) is 17.5. The summed E-state index contributed by atoms with van der Waals surface area (Å²) in [4.78, 5) is 19.5. The van der Waals surface area contributed by atoms with Gasteiger partial charge in [0.1, 0.15) is 5.39 Å². The zero-order chi connectivity index (χ0) is 18.8. The molecule has 0 amide bonds. The molecule has 0 aliphatic heterocycles. The smallest absolute Gasteiger partial charge is 0.261 e. The fraction of sp³-hybridized carbons (Fsp3) is 0.300. The molecule has 2 atom stereocenters. The lowest BCUT2D eigenvalue weighted by Gasteiger charge is -2.17. The van der Waals surface area contributed by atoms with E-state index in [0.717, 1.165) is 30.5 Å². The summed E-state index contributed by atoms with van der Waals surface area (Å²) in [5.74, 6) is 0.843. The molecule has 1 saturated carbocycles. The summed E-state index contributed by atoms with van der Waals surface area (Å²) in [6.45, 7) is 0. The van der Waals surface area contributed by atoms with Crippen LogP contribution in [0.25, 0.3) is 10.9 Å². The van der Waals surface area contributed by atoms with Crippen molar-refractivity contribution in [1.29, 1.82) is 5.26 Å². The maximum absolute atomic E-state index is 12.5. The summed E-state index contributed by atoms with van der Waals surface area (Å²) >= 11 is 0. The van der Waals surface area contributed by atoms with Gasteiger partial charge < -0.3 is 15.3 Å². The highest BCUT2D eigenvalue weighted by molar-refractivity contribution is 5.91. The van der Waals surface area contributed by atoms with Crippen LogP contribution in [0.2, 0.25) is 0 Å². The van der Waals surface area contributed by atoms with E-state index < -0.39 is 0 Å². The number of pyridine rings is 1. The molecule has 7 heteroatoms. The van der Waals surface area contributed by atoms with E-state index in [4.69, 9.17) is 10.4 Å². The van der Waals surface area contributed by atoms with E-state index >= 15 is 0 Å². The first kappa shape index (κ1) is 17.0. The number of hydrogen-bond acceptors (Lipinski definition) is 5. The number of aliphatic imine (C=N–C) groups is 1. The van der Waals surface area contributed by atoms with E-state index in [9.17, 15) is 4.79 Å². The van der Waals surface area contributed by atoms with Crippen molar-refractivity contribution >= 4 is 28.6 Å². The molecular formula is C20H20N6O. The first-order chi connectivity index (χ1) is 13.2. The van der Waals surface area contributed by atoms with E-state index in [-0.39, 0.29) is 11.6 Å². The number of anilines is 2. The van der Waals surface area contributed by atoms with Crippen molar-refractivity contribution in [2.24, 2.45) is 10.9 Å². The Bertz CT molecular complexity index is 1090. The first-order valence-electron chi connectivity index (χ1n) is 9.00. The molecule has 2 heterocycles.